The molecule has 1 aliphatic rings. The molecule has 2 amide bonds. The van der Waals surface area contributed by atoms with Crippen molar-refractivity contribution in [3.63, 3.8) is 0 Å². The highest BCUT2D eigenvalue weighted by Crippen LogP contribution is 2.47. The van der Waals surface area contributed by atoms with Crippen LogP contribution in [0.3, 0.4) is 0 Å². The van der Waals surface area contributed by atoms with Crippen molar-refractivity contribution in [2.75, 3.05) is 6.61 Å². The summed E-state index contributed by atoms with van der Waals surface area (Å²) in [5, 5.41) is 0. The standard InChI is InChI=1S/C20H19F3N2O3/c1-2-28-15-9-5-13(6-10-15)18(26)24-25-19(27)17-11-16(17)12-3-7-14(8-4-12)20(21,22)23/h3-10,16-17H,2,11H2,1H3,(H,24,26)(H,25,27). The van der Waals surface area contributed by atoms with Gasteiger partial charge in [0.1, 0.15) is 5.75 Å². The van der Waals surface area contributed by atoms with Gasteiger partial charge < -0.3 is 4.74 Å². The maximum absolute atomic E-state index is 12.6. The van der Waals surface area contributed by atoms with Gasteiger partial charge in [-0.2, -0.15) is 13.2 Å². The zero-order valence-electron chi connectivity index (χ0n) is 15.0. The van der Waals surface area contributed by atoms with E-state index in [9.17, 15) is 22.8 Å². The van der Waals surface area contributed by atoms with E-state index in [-0.39, 0.29) is 17.7 Å². The van der Waals surface area contributed by atoms with Crippen LogP contribution in [0.1, 0.15) is 40.7 Å². The van der Waals surface area contributed by atoms with Crippen molar-refractivity contribution in [3.05, 3.63) is 65.2 Å². The maximum atomic E-state index is 12.6. The van der Waals surface area contributed by atoms with Gasteiger partial charge in [-0.05, 0) is 61.2 Å². The number of alkyl halides is 3. The lowest BCUT2D eigenvalue weighted by Gasteiger charge is -2.09. The highest BCUT2D eigenvalue weighted by atomic mass is 19.4. The van der Waals surface area contributed by atoms with E-state index in [2.05, 4.69) is 10.9 Å². The lowest BCUT2D eigenvalue weighted by molar-refractivity contribution is -0.137. The summed E-state index contributed by atoms with van der Waals surface area (Å²) in [5.74, 6) is -0.727. The van der Waals surface area contributed by atoms with Crippen LogP contribution in [0.25, 0.3) is 0 Å². The molecule has 0 aliphatic heterocycles. The average Bonchev–Trinajstić information content (AvgIpc) is 3.47. The summed E-state index contributed by atoms with van der Waals surface area (Å²) in [6, 6.07) is 11.3. The highest BCUT2D eigenvalue weighted by molar-refractivity contribution is 5.96. The quantitative estimate of drug-likeness (QED) is 0.763. The van der Waals surface area contributed by atoms with Gasteiger partial charge in [-0.15, -0.1) is 0 Å². The van der Waals surface area contributed by atoms with Crippen molar-refractivity contribution in [2.24, 2.45) is 5.92 Å². The molecule has 0 bridgehead atoms. The van der Waals surface area contributed by atoms with E-state index in [0.717, 1.165) is 12.1 Å². The van der Waals surface area contributed by atoms with Gasteiger partial charge in [0.25, 0.3) is 5.91 Å². The molecule has 3 rings (SSSR count). The third kappa shape index (κ3) is 4.62. The third-order valence-electron chi connectivity index (χ3n) is 4.52. The summed E-state index contributed by atoms with van der Waals surface area (Å²) in [5.41, 5.74) is 5.02. The van der Waals surface area contributed by atoms with Crippen molar-refractivity contribution in [1.82, 2.24) is 10.9 Å². The van der Waals surface area contributed by atoms with Crippen LogP contribution >= 0.6 is 0 Å². The van der Waals surface area contributed by atoms with Crippen molar-refractivity contribution in [1.29, 1.82) is 0 Å². The first-order valence-corrected chi connectivity index (χ1v) is 8.80. The van der Waals surface area contributed by atoms with Crippen LogP contribution in [0.5, 0.6) is 5.75 Å². The highest BCUT2D eigenvalue weighted by Gasteiger charge is 2.44. The summed E-state index contributed by atoms with van der Waals surface area (Å²) >= 11 is 0. The number of halogens is 3. The van der Waals surface area contributed by atoms with Crippen LogP contribution in [0.4, 0.5) is 13.2 Å². The molecule has 1 saturated carbocycles. The molecule has 2 aromatic carbocycles. The number of hydrazine groups is 1. The molecule has 0 radical (unpaired) electrons. The second-order valence-corrected chi connectivity index (χ2v) is 6.47. The molecule has 2 unspecified atom stereocenters. The van der Waals surface area contributed by atoms with E-state index >= 15 is 0 Å². The summed E-state index contributed by atoms with van der Waals surface area (Å²) < 4.78 is 43.1. The lowest BCUT2D eigenvalue weighted by atomic mass is 10.1. The fourth-order valence-electron chi connectivity index (χ4n) is 2.92. The SMILES string of the molecule is CCOc1ccc(C(=O)NNC(=O)C2CC2c2ccc(C(F)(F)F)cc2)cc1. The van der Waals surface area contributed by atoms with E-state index < -0.39 is 17.6 Å². The van der Waals surface area contributed by atoms with Gasteiger partial charge in [0.15, 0.2) is 0 Å². The Balaban J connectivity index is 1.50. The van der Waals surface area contributed by atoms with Gasteiger partial charge in [0.05, 0.1) is 12.2 Å². The molecule has 1 aliphatic carbocycles. The van der Waals surface area contributed by atoms with E-state index in [0.29, 0.717) is 29.9 Å². The monoisotopic (exact) mass is 392 g/mol. The van der Waals surface area contributed by atoms with Crippen LogP contribution in [0.2, 0.25) is 0 Å². The smallest absolute Gasteiger partial charge is 0.416 e. The Morgan fingerprint density at radius 1 is 1.04 bits per heavy atom. The summed E-state index contributed by atoms with van der Waals surface area (Å²) in [6.07, 6.45) is -3.86. The molecule has 28 heavy (non-hydrogen) atoms. The van der Waals surface area contributed by atoms with Gasteiger partial charge in [-0.1, -0.05) is 12.1 Å². The molecule has 0 spiro atoms. The summed E-state index contributed by atoms with van der Waals surface area (Å²) in [6.45, 7) is 2.37. The Labute approximate surface area is 159 Å². The normalized spacial score (nSPS) is 18.3. The van der Waals surface area contributed by atoms with Crippen molar-refractivity contribution < 1.29 is 27.5 Å². The number of amides is 2. The van der Waals surface area contributed by atoms with Gasteiger partial charge in [-0.25, -0.2) is 0 Å². The van der Waals surface area contributed by atoms with E-state index in [1.807, 2.05) is 6.92 Å². The number of hydrogen-bond acceptors (Lipinski definition) is 3. The topological polar surface area (TPSA) is 67.4 Å². The number of carbonyl (C=O) groups is 2. The fraction of sp³-hybridized carbons (Fsp3) is 0.300. The van der Waals surface area contributed by atoms with Crippen LogP contribution in [0.15, 0.2) is 48.5 Å². The summed E-state index contributed by atoms with van der Waals surface area (Å²) in [7, 11) is 0. The van der Waals surface area contributed by atoms with Crippen LogP contribution in [0, 0.1) is 5.92 Å². The molecular weight excluding hydrogens is 373 g/mol. The molecule has 0 heterocycles. The van der Waals surface area contributed by atoms with Gasteiger partial charge in [0.2, 0.25) is 5.91 Å². The molecule has 2 atom stereocenters. The van der Waals surface area contributed by atoms with Crippen molar-refractivity contribution >= 4 is 11.8 Å². The molecule has 148 valence electrons. The Morgan fingerprint density at radius 2 is 1.68 bits per heavy atom. The first-order valence-electron chi connectivity index (χ1n) is 8.80. The predicted molar refractivity (Wildman–Crippen MR) is 95.5 cm³/mol. The summed E-state index contributed by atoms with van der Waals surface area (Å²) in [4.78, 5) is 24.2. The van der Waals surface area contributed by atoms with Gasteiger partial charge in [0, 0.05) is 11.5 Å². The van der Waals surface area contributed by atoms with Crippen molar-refractivity contribution in [2.45, 2.75) is 25.4 Å². The second-order valence-electron chi connectivity index (χ2n) is 6.47. The van der Waals surface area contributed by atoms with Crippen LogP contribution < -0.4 is 15.6 Å². The molecule has 0 saturated heterocycles. The molecule has 2 aromatic rings. The molecule has 0 aromatic heterocycles. The minimum absolute atomic E-state index is 0.148. The second kappa shape index (κ2) is 7.92. The average molecular weight is 392 g/mol. The molecule has 8 heteroatoms. The Morgan fingerprint density at radius 3 is 2.25 bits per heavy atom. The molecule has 2 N–H and O–H groups in total. The van der Waals surface area contributed by atoms with E-state index in [1.54, 1.807) is 24.3 Å². The Hall–Kier alpha value is -3.03. The maximum Gasteiger partial charge on any atom is 0.416 e. The number of carbonyl (C=O) groups excluding carboxylic acids is 2. The first kappa shape index (κ1) is 19.7. The number of hydrogen-bond donors (Lipinski definition) is 2. The zero-order valence-corrected chi connectivity index (χ0v) is 15.0. The molecule has 5 nitrogen and oxygen atoms in total. The Bertz CT molecular complexity index is 848. The number of rotatable bonds is 5. The van der Waals surface area contributed by atoms with Crippen LogP contribution in [-0.2, 0) is 11.0 Å². The fourth-order valence-corrected chi connectivity index (χ4v) is 2.92. The molecule has 1 fully saturated rings. The molecular formula is C20H19F3N2O3. The van der Waals surface area contributed by atoms with Crippen LogP contribution in [-0.4, -0.2) is 18.4 Å². The first-order chi connectivity index (χ1) is 13.3. The zero-order chi connectivity index (χ0) is 20.3. The van der Waals surface area contributed by atoms with Crippen molar-refractivity contribution in [3.8, 4) is 5.75 Å². The minimum Gasteiger partial charge on any atom is -0.494 e. The van der Waals surface area contributed by atoms with Gasteiger partial charge in [-0.3, -0.25) is 20.4 Å². The van der Waals surface area contributed by atoms with E-state index in [1.165, 1.54) is 12.1 Å². The number of ether oxygens (including phenoxy) is 1. The lowest BCUT2D eigenvalue weighted by Crippen LogP contribution is -2.42. The Kier molecular flexibility index (Phi) is 5.58. The predicted octanol–water partition coefficient (Wildman–Crippen LogP) is 3.67. The number of nitrogens with one attached hydrogen (secondary N) is 2. The minimum atomic E-state index is -4.38. The third-order valence-corrected chi connectivity index (χ3v) is 4.52. The van der Waals surface area contributed by atoms with E-state index in [4.69, 9.17) is 4.74 Å². The number of benzene rings is 2. The largest absolute Gasteiger partial charge is 0.494 e. The van der Waals surface area contributed by atoms with Gasteiger partial charge >= 0.3 is 6.18 Å².